The molecule has 116 valence electrons. The Morgan fingerprint density at radius 1 is 1.19 bits per heavy atom. The number of rotatable bonds is 3. The molecule has 0 aromatic heterocycles. The number of halogens is 1. The second-order valence-electron chi connectivity index (χ2n) is 6.61. The fourth-order valence-electron chi connectivity index (χ4n) is 3.94. The van der Waals surface area contributed by atoms with Crippen molar-refractivity contribution in [3.8, 4) is 11.5 Å². The van der Waals surface area contributed by atoms with Crippen molar-refractivity contribution in [1.82, 2.24) is 4.90 Å². The molecule has 1 N–H and O–H groups in total. The number of aromatic hydroxyl groups is 1. The molecular weight excluding hydrogens is 286 g/mol. The summed E-state index contributed by atoms with van der Waals surface area (Å²) in [5.41, 5.74) is 1.76. The highest BCUT2D eigenvalue weighted by atomic mass is 35.5. The van der Waals surface area contributed by atoms with Gasteiger partial charge in [-0.1, -0.05) is 24.4 Å². The first-order chi connectivity index (χ1) is 10.1. The van der Waals surface area contributed by atoms with E-state index in [1.54, 1.807) is 7.11 Å². The molecule has 1 saturated carbocycles. The zero-order chi connectivity index (χ0) is 14.9. The maximum absolute atomic E-state index is 9.80. The van der Waals surface area contributed by atoms with Crippen LogP contribution in [0.25, 0.3) is 0 Å². The van der Waals surface area contributed by atoms with Gasteiger partial charge in [0.15, 0.2) is 11.5 Å². The number of phenols is 1. The third-order valence-corrected chi connectivity index (χ3v) is 5.58. The van der Waals surface area contributed by atoms with Gasteiger partial charge in [-0.2, -0.15) is 0 Å². The first kappa shape index (κ1) is 15.0. The Balaban J connectivity index is 1.64. The molecule has 21 heavy (non-hydrogen) atoms. The van der Waals surface area contributed by atoms with Crippen LogP contribution < -0.4 is 4.74 Å². The summed E-state index contributed by atoms with van der Waals surface area (Å²) >= 11 is 6.07. The van der Waals surface area contributed by atoms with E-state index < -0.39 is 0 Å². The molecule has 0 unspecified atom stereocenters. The summed E-state index contributed by atoms with van der Waals surface area (Å²) in [6, 6.07) is 3.74. The zero-order valence-electron chi connectivity index (χ0n) is 12.7. The number of phenolic OH excluding ortho intramolecular Hbond substituents is 1. The van der Waals surface area contributed by atoms with Crippen LogP contribution in [0, 0.1) is 5.41 Å². The molecule has 0 amide bonds. The van der Waals surface area contributed by atoms with Crippen LogP contribution in [0.1, 0.15) is 44.1 Å². The molecule has 1 spiro atoms. The van der Waals surface area contributed by atoms with E-state index in [2.05, 4.69) is 4.90 Å². The number of hydrogen-bond donors (Lipinski definition) is 1. The van der Waals surface area contributed by atoms with E-state index in [4.69, 9.17) is 16.3 Å². The summed E-state index contributed by atoms with van der Waals surface area (Å²) in [6.45, 7) is 3.22. The Morgan fingerprint density at radius 2 is 1.86 bits per heavy atom. The Morgan fingerprint density at radius 3 is 2.48 bits per heavy atom. The number of methoxy groups -OCH3 is 1. The van der Waals surface area contributed by atoms with E-state index in [0.29, 0.717) is 16.2 Å². The molecule has 0 atom stereocenters. The average molecular weight is 310 g/mol. The van der Waals surface area contributed by atoms with Crippen molar-refractivity contribution in [3.63, 3.8) is 0 Å². The second-order valence-corrected chi connectivity index (χ2v) is 7.02. The molecule has 1 aromatic carbocycles. The lowest BCUT2D eigenvalue weighted by Crippen LogP contribution is -2.38. The summed E-state index contributed by atoms with van der Waals surface area (Å²) in [4.78, 5) is 2.49. The van der Waals surface area contributed by atoms with Crippen molar-refractivity contribution in [1.29, 1.82) is 0 Å². The lowest BCUT2D eigenvalue weighted by molar-refractivity contribution is 0.103. The van der Waals surface area contributed by atoms with Crippen molar-refractivity contribution in [2.24, 2.45) is 5.41 Å². The summed E-state index contributed by atoms with van der Waals surface area (Å²) in [7, 11) is 1.56. The molecule has 1 heterocycles. The SMILES string of the molecule is COc1cc(CN2CCC3(CCCC3)CC2)cc(Cl)c1O. The van der Waals surface area contributed by atoms with Crippen LogP contribution in [0.15, 0.2) is 12.1 Å². The first-order valence-electron chi connectivity index (χ1n) is 7.90. The maximum Gasteiger partial charge on any atom is 0.176 e. The van der Waals surface area contributed by atoms with Gasteiger partial charge in [0.25, 0.3) is 0 Å². The molecule has 1 saturated heterocycles. The normalized spacial score (nSPS) is 21.8. The van der Waals surface area contributed by atoms with Crippen LogP contribution in [0.4, 0.5) is 0 Å². The van der Waals surface area contributed by atoms with Crippen molar-refractivity contribution in [2.45, 2.75) is 45.1 Å². The lowest BCUT2D eigenvalue weighted by atomic mass is 9.77. The van der Waals surface area contributed by atoms with E-state index in [0.717, 1.165) is 12.1 Å². The van der Waals surface area contributed by atoms with Crippen molar-refractivity contribution in [2.75, 3.05) is 20.2 Å². The topological polar surface area (TPSA) is 32.7 Å². The molecule has 3 nitrogen and oxygen atoms in total. The Hall–Kier alpha value is -0.930. The van der Waals surface area contributed by atoms with Gasteiger partial charge in [0.2, 0.25) is 0 Å². The molecule has 1 aliphatic carbocycles. The number of hydrogen-bond acceptors (Lipinski definition) is 3. The van der Waals surface area contributed by atoms with Gasteiger partial charge in [0.1, 0.15) is 0 Å². The minimum atomic E-state index is 0.0338. The highest BCUT2D eigenvalue weighted by Gasteiger charge is 2.36. The molecule has 2 fully saturated rings. The molecular formula is C17H24ClNO2. The van der Waals surface area contributed by atoms with E-state index in [9.17, 15) is 5.11 Å². The van der Waals surface area contributed by atoms with Crippen molar-refractivity contribution < 1.29 is 9.84 Å². The number of benzene rings is 1. The quantitative estimate of drug-likeness (QED) is 0.908. The van der Waals surface area contributed by atoms with Crippen molar-refractivity contribution in [3.05, 3.63) is 22.7 Å². The first-order valence-corrected chi connectivity index (χ1v) is 8.27. The Kier molecular flexibility index (Phi) is 4.32. The van der Waals surface area contributed by atoms with Gasteiger partial charge < -0.3 is 9.84 Å². The summed E-state index contributed by atoms with van der Waals surface area (Å²) < 4.78 is 5.18. The van der Waals surface area contributed by atoms with E-state index in [1.807, 2.05) is 12.1 Å². The highest BCUT2D eigenvalue weighted by Crippen LogP contribution is 2.46. The largest absolute Gasteiger partial charge is 0.503 e. The van der Waals surface area contributed by atoms with Crippen LogP contribution in [0.3, 0.4) is 0 Å². The molecule has 1 aliphatic heterocycles. The van der Waals surface area contributed by atoms with E-state index in [1.165, 1.54) is 51.6 Å². The van der Waals surface area contributed by atoms with Gasteiger partial charge in [0, 0.05) is 6.54 Å². The standard InChI is InChI=1S/C17H24ClNO2/c1-21-15-11-13(10-14(18)16(15)20)12-19-8-6-17(7-9-19)4-2-3-5-17/h10-11,20H,2-9,12H2,1H3. The average Bonchev–Trinajstić information content (AvgIpc) is 2.94. The van der Waals surface area contributed by atoms with Gasteiger partial charge in [-0.3, -0.25) is 4.90 Å². The fraction of sp³-hybridized carbons (Fsp3) is 0.647. The van der Waals surface area contributed by atoms with Crippen molar-refractivity contribution >= 4 is 11.6 Å². The summed E-state index contributed by atoms with van der Waals surface area (Å²) in [5, 5.41) is 10.2. The summed E-state index contributed by atoms with van der Waals surface area (Å²) in [5.74, 6) is 0.494. The van der Waals surface area contributed by atoms with Gasteiger partial charge >= 0.3 is 0 Å². The summed E-state index contributed by atoms with van der Waals surface area (Å²) in [6.07, 6.45) is 8.36. The predicted molar refractivity (Wildman–Crippen MR) is 85.1 cm³/mol. The van der Waals surface area contributed by atoms with Gasteiger partial charge in [-0.15, -0.1) is 0 Å². The van der Waals surface area contributed by atoms with Crippen LogP contribution in [0.2, 0.25) is 5.02 Å². The second kappa shape index (κ2) is 6.05. The predicted octanol–water partition coefficient (Wildman–Crippen LogP) is 4.21. The number of nitrogens with zero attached hydrogens (tertiary/aromatic N) is 1. The van der Waals surface area contributed by atoms with Gasteiger partial charge in [-0.25, -0.2) is 0 Å². The lowest BCUT2D eigenvalue weighted by Gasteiger charge is -2.39. The van der Waals surface area contributed by atoms with E-state index >= 15 is 0 Å². The van der Waals surface area contributed by atoms with Crippen LogP contribution in [0.5, 0.6) is 11.5 Å². The Labute approximate surface area is 131 Å². The third kappa shape index (κ3) is 3.14. The molecule has 0 bridgehead atoms. The van der Waals surface area contributed by atoms with Crippen LogP contribution in [-0.2, 0) is 6.54 Å². The number of piperidine rings is 1. The molecule has 3 rings (SSSR count). The van der Waals surface area contributed by atoms with Gasteiger partial charge in [0.05, 0.1) is 12.1 Å². The van der Waals surface area contributed by atoms with E-state index in [-0.39, 0.29) is 5.75 Å². The Bertz CT molecular complexity index is 502. The smallest absolute Gasteiger partial charge is 0.176 e. The molecule has 1 aromatic rings. The van der Waals surface area contributed by atoms with Gasteiger partial charge in [-0.05, 0) is 61.9 Å². The minimum Gasteiger partial charge on any atom is -0.503 e. The van der Waals surface area contributed by atoms with Crippen LogP contribution in [-0.4, -0.2) is 30.2 Å². The third-order valence-electron chi connectivity index (χ3n) is 5.30. The molecule has 0 radical (unpaired) electrons. The maximum atomic E-state index is 9.80. The van der Waals surface area contributed by atoms with Crippen LogP contribution >= 0.6 is 11.6 Å². The fourth-order valence-corrected chi connectivity index (χ4v) is 4.18. The highest BCUT2D eigenvalue weighted by molar-refractivity contribution is 6.32. The monoisotopic (exact) mass is 309 g/mol. The number of likely N-dealkylation sites (tertiary alicyclic amines) is 1. The zero-order valence-corrected chi connectivity index (χ0v) is 13.5. The minimum absolute atomic E-state index is 0.0338. The molecule has 2 aliphatic rings. The molecule has 4 heteroatoms. The number of ether oxygens (including phenoxy) is 1.